The van der Waals surface area contributed by atoms with E-state index in [1.54, 1.807) is 7.11 Å². The molecular formula is C24H40N2O2. The number of benzene rings is 1. The Morgan fingerprint density at radius 1 is 1.25 bits per heavy atom. The molecule has 4 heteroatoms. The minimum Gasteiger partial charge on any atom is -0.384 e. The first-order valence-electron chi connectivity index (χ1n) is 10.9. The van der Waals surface area contributed by atoms with E-state index < -0.39 is 0 Å². The van der Waals surface area contributed by atoms with Gasteiger partial charge in [-0.05, 0) is 73.7 Å². The summed E-state index contributed by atoms with van der Waals surface area (Å²) in [7, 11) is 1.64. The van der Waals surface area contributed by atoms with Crippen molar-refractivity contribution in [2.75, 3.05) is 33.4 Å². The molecule has 0 aromatic heterocycles. The molecule has 0 unspecified atom stereocenters. The predicted molar refractivity (Wildman–Crippen MR) is 117 cm³/mol. The van der Waals surface area contributed by atoms with Crippen molar-refractivity contribution in [3.05, 3.63) is 35.4 Å². The Balaban J connectivity index is 0.00000300. The summed E-state index contributed by atoms with van der Waals surface area (Å²) in [6, 6.07) is 8.97. The van der Waals surface area contributed by atoms with Gasteiger partial charge in [0.1, 0.15) is 0 Å². The van der Waals surface area contributed by atoms with Gasteiger partial charge in [-0.15, -0.1) is 0 Å². The Kier molecular flexibility index (Phi) is 6.82. The number of carbonyl (C=O) groups excluding carboxylic acids is 1. The van der Waals surface area contributed by atoms with Crippen LogP contribution < -0.4 is 5.32 Å². The maximum Gasteiger partial charge on any atom is 0.222 e. The van der Waals surface area contributed by atoms with E-state index in [1.165, 1.54) is 56.4 Å². The van der Waals surface area contributed by atoms with Crippen molar-refractivity contribution in [2.24, 2.45) is 5.41 Å². The average Bonchev–Trinajstić information content (AvgIpc) is 2.68. The van der Waals surface area contributed by atoms with Gasteiger partial charge in [0.05, 0.1) is 12.6 Å². The van der Waals surface area contributed by atoms with Crippen LogP contribution in [0.2, 0.25) is 0 Å². The van der Waals surface area contributed by atoms with Gasteiger partial charge in [0, 0.05) is 15.0 Å². The van der Waals surface area contributed by atoms with Gasteiger partial charge in [-0.2, -0.15) is 0 Å². The molecule has 1 aliphatic carbocycles. The molecule has 0 bridgehead atoms. The van der Waals surface area contributed by atoms with E-state index in [1.807, 2.05) is 0 Å². The second kappa shape index (κ2) is 8.96. The number of likely N-dealkylation sites (tertiary alicyclic amines) is 1. The monoisotopic (exact) mass is 388 g/mol. The zero-order valence-electron chi connectivity index (χ0n) is 18.2. The summed E-state index contributed by atoms with van der Waals surface area (Å²) in [6.45, 7) is 11.1. The van der Waals surface area contributed by atoms with Gasteiger partial charge in [0.15, 0.2) is 0 Å². The molecule has 2 aliphatic rings. The summed E-state index contributed by atoms with van der Waals surface area (Å²) in [5, 5.41) is 3.25. The molecule has 28 heavy (non-hydrogen) atoms. The number of fused-ring (bicyclic) bond motifs is 2. The summed E-state index contributed by atoms with van der Waals surface area (Å²) >= 11 is 0. The highest BCUT2D eigenvalue weighted by atomic mass is 16.5. The fourth-order valence-electron chi connectivity index (χ4n) is 4.82. The van der Waals surface area contributed by atoms with E-state index in [0.29, 0.717) is 23.9 Å². The smallest absolute Gasteiger partial charge is 0.222 e. The number of nitrogens with zero attached hydrogens (tertiary/aromatic N) is 1. The molecule has 1 amide bonds. The van der Waals surface area contributed by atoms with Gasteiger partial charge in [-0.1, -0.05) is 45.0 Å². The third-order valence-corrected chi connectivity index (χ3v) is 6.68. The first-order chi connectivity index (χ1) is 13.3. The van der Waals surface area contributed by atoms with E-state index in [2.05, 4.69) is 55.3 Å². The maximum atomic E-state index is 12.2. The second-order valence-electron chi connectivity index (χ2n) is 9.92. The lowest BCUT2D eigenvalue weighted by molar-refractivity contribution is -0.122. The van der Waals surface area contributed by atoms with Crippen LogP contribution in [-0.2, 0) is 14.9 Å². The summed E-state index contributed by atoms with van der Waals surface area (Å²) in [4.78, 5) is 14.9. The van der Waals surface area contributed by atoms with Crippen molar-refractivity contribution in [2.45, 2.75) is 70.8 Å². The van der Waals surface area contributed by atoms with E-state index >= 15 is 0 Å². The number of piperidine rings is 1. The second-order valence-corrected chi connectivity index (χ2v) is 9.92. The van der Waals surface area contributed by atoms with Crippen LogP contribution in [0.25, 0.3) is 0 Å². The Hall–Kier alpha value is -1.39. The van der Waals surface area contributed by atoms with E-state index in [-0.39, 0.29) is 13.4 Å². The number of nitrogens with one attached hydrogen (secondary N) is 1. The summed E-state index contributed by atoms with van der Waals surface area (Å²) in [6.07, 6.45) is 6.37. The highest BCUT2D eigenvalue weighted by molar-refractivity contribution is 5.76. The van der Waals surface area contributed by atoms with E-state index in [9.17, 15) is 4.79 Å². The number of amides is 1. The van der Waals surface area contributed by atoms with Gasteiger partial charge in [-0.3, -0.25) is 4.79 Å². The molecule has 4 nitrogen and oxygen atoms in total. The molecule has 1 saturated heterocycles. The quantitative estimate of drug-likeness (QED) is 0.769. The molecule has 1 N–H and O–H groups in total. The highest BCUT2D eigenvalue weighted by Gasteiger charge is 2.42. The lowest BCUT2D eigenvalue weighted by Crippen LogP contribution is -2.46. The fourth-order valence-corrected chi connectivity index (χ4v) is 4.82. The number of ether oxygens (including phenoxy) is 1. The fraction of sp³-hybridized carbons (Fsp3) is 0.708. The number of hydrogen-bond acceptors (Lipinski definition) is 3. The zero-order chi connectivity index (χ0) is 20.2. The van der Waals surface area contributed by atoms with E-state index in [4.69, 9.17) is 4.74 Å². The van der Waals surface area contributed by atoms with Crippen molar-refractivity contribution in [1.29, 1.82) is 0 Å². The van der Waals surface area contributed by atoms with Crippen LogP contribution in [0.3, 0.4) is 0 Å². The van der Waals surface area contributed by atoms with Crippen molar-refractivity contribution < 1.29 is 11.0 Å². The third kappa shape index (κ3) is 5.15. The number of carbonyl (C=O) groups is 1. The first kappa shape index (κ1) is 21.3. The molecule has 1 spiro atoms. The van der Waals surface area contributed by atoms with Crippen LogP contribution in [-0.4, -0.2) is 44.2 Å². The minimum atomic E-state index is 0. The number of rotatable bonds is 6. The van der Waals surface area contributed by atoms with E-state index in [0.717, 1.165) is 6.42 Å². The molecule has 1 aliphatic heterocycles. The molecule has 0 saturated carbocycles. The lowest BCUT2D eigenvalue weighted by Gasteiger charge is -2.47. The topological polar surface area (TPSA) is 41.6 Å². The Morgan fingerprint density at radius 2 is 1.96 bits per heavy atom. The van der Waals surface area contributed by atoms with Gasteiger partial charge in [0.25, 0.3) is 0 Å². The minimum absolute atomic E-state index is 0. The SMILES string of the molecule is COCCC(=O)N[C@H]1CCC2(CCN(CCC(C)(C)C)CC2)c2ccccc21.[HH]. The molecular weight excluding hydrogens is 348 g/mol. The molecule has 0 radical (unpaired) electrons. The number of hydrogen-bond donors (Lipinski definition) is 1. The molecule has 3 rings (SSSR count). The Bertz CT molecular complexity index is 663. The van der Waals surface area contributed by atoms with Crippen LogP contribution in [0.1, 0.15) is 77.9 Å². The Labute approximate surface area is 172 Å². The normalized spacial score (nSPS) is 22.1. The average molecular weight is 389 g/mol. The van der Waals surface area contributed by atoms with Crippen molar-refractivity contribution >= 4 is 5.91 Å². The molecule has 1 aromatic carbocycles. The van der Waals surface area contributed by atoms with Crippen LogP contribution in [0, 0.1) is 5.41 Å². The Morgan fingerprint density at radius 3 is 2.64 bits per heavy atom. The van der Waals surface area contributed by atoms with Crippen molar-refractivity contribution in [3.63, 3.8) is 0 Å². The summed E-state index contributed by atoms with van der Waals surface area (Å²) < 4.78 is 5.05. The number of methoxy groups -OCH3 is 1. The van der Waals surface area contributed by atoms with Crippen LogP contribution in [0.4, 0.5) is 0 Å². The highest BCUT2D eigenvalue weighted by Crippen LogP contribution is 2.48. The van der Waals surface area contributed by atoms with Crippen molar-refractivity contribution in [1.82, 2.24) is 10.2 Å². The van der Waals surface area contributed by atoms with Gasteiger partial charge >= 0.3 is 0 Å². The van der Waals surface area contributed by atoms with Crippen molar-refractivity contribution in [3.8, 4) is 0 Å². The molecule has 1 atom stereocenters. The van der Waals surface area contributed by atoms with Gasteiger partial charge in [0.2, 0.25) is 5.91 Å². The largest absolute Gasteiger partial charge is 0.384 e. The molecule has 158 valence electrons. The molecule has 1 heterocycles. The standard InChI is InChI=1S/C24H38N2O2.H2/c1-23(2,3)12-15-26-16-13-24(14-17-26)11-9-21(25-22(27)10-18-28-4)19-7-5-6-8-20(19)24;/h5-8,21H,9-18H2,1-4H3,(H,25,27);1H/t21-;/m0./s1. The first-order valence-corrected chi connectivity index (χ1v) is 10.9. The summed E-state index contributed by atoms with van der Waals surface area (Å²) in [5.74, 6) is 0.0922. The van der Waals surface area contributed by atoms with Gasteiger partial charge < -0.3 is 15.0 Å². The molecule has 1 fully saturated rings. The zero-order valence-corrected chi connectivity index (χ0v) is 18.2. The summed E-state index contributed by atoms with van der Waals surface area (Å²) in [5.41, 5.74) is 3.51. The third-order valence-electron chi connectivity index (χ3n) is 6.68. The van der Waals surface area contributed by atoms with Crippen LogP contribution >= 0.6 is 0 Å². The molecule has 1 aromatic rings. The van der Waals surface area contributed by atoms with Crippen LogP contribution in [0.5, 0.6) is 0 Å². The predicted octanol–water partition coefficient (Wildman–Crippen LogP) is 4.69. The maximum absolute atomic E-state index is 12.2. The van der Waals surface area contributed by atoms with Crippen LogP contribution in [0.15, 0.2) is 24.3 Å². The van der Waals surface area contributed by atoms with Gasteiger partial charge in [-0.25, -0.2) is 0 Å². The lowest BCUT2D eigenvalue weighted by atomic mass is 9.63.